The third kappa shape index (κ3) is 7.09. The van der Waals surface area contributed by atoms with Crippen molar-refractivity contribution in [1.82, 2.24) is 30.6 Å². The van der Waals surface area contributed by atoms with Gasteiger partial charge < -0.3 is 30.8 Å². The van der Waals surface area contributed by atoms with Gasteiger partial charge in [-0.1, -0.05) is 0 Å². The van der Waals surface area contributed by atoms with Gasteiger partial charge in [0, 0.05) is 36.2 Å². The van der Waals surface area contributed by atoms with Crippen molar-refractivity contribution in [2.45, 2.75) is 0 Å². The van der Waals surface area contributed by atoms with Crippen LogP contribution in [0.1, 0.15) is 22.8 Å². The van der Waals surface area contributed by atoms with Gasteiger partial charge in [0.2, 0.25) is 0 Å². The molecule has 0 spiro atoms. The van der Waals surface area contributed by atoms with Crippen molar-refractivity contribution in [2.75, 3.05) is 14.1 Å². The van der Waals surface area contributed by atoms with Gasteiger partial charge in [-0.2, -0.15) is 0 Å². The van der Waals surface area contributed by atoms with Crippen LogP contribution in [-0.2, 0) is 0 Å². The van der Waals surface area contributed by atoms with Crippen LogP contribution >= 0.6 is 0 Å². The largest absolute Gasteiger partial charge is 0.465 e. The lowest BCUT2D eigenvalue weighted by molar-refractivity contribution is 0.196. The van der Waals surface area contributed by atoms with Crippen LogP contribution in [0.5, 0.6) is 0 Å². The Labute approximate surface area is 194 Å². The van der Waals surface area contributed by atoms with E-state index < -0.39 is 12.2 Å². The van der Waals surface area contributed by atoms with Crippen molar-refractivity contribution >= 4 is 58.6 Å². The first kappa shape index (κ1) is 23.8. The van der Waals surface area contributed by atoms with Gasteiger partial charge in [-0.05, 0) is 72.8 Å². The lowest BCUT2D eigenvalue weighted by atomic mass is 10.3. The van der Waals surface area contributed by atoms with E-state index in [0.717, 1.165) is 44.8 Å². The molecule has 2 amide bonds. The van der Waals surface area contributed by atoms with Crippen molar-refractivity contribution in [1.29, 1.82) is 0 Å². The topological polar surface area (TPSA) is 156 Å². The van der Waals surface area contributed by atoms with Gasteiger partial charge in [0.25, 0.3) is 0 Å². The minimum atomic E-state index is -0.995. The fourth-order valence-corrected chi connectivity index (χ4v) is 2.94. The predicted octanol–water partition coefficient (Wildman–Crippen LogP) is 4.42. The minimum Gasteiger partial charge on any atom is -0.465 e. The van der Waals surface area contributed by atoms with Crippen molar-refractivity contribution in [3.05, 3.63) is 71.3 Å². The maximum absolute atomic E-state index is 9.26. The van der Waals surface area contributed by atoms with E-state index in [2.05, 4.69) is 44.2 Å². The number of nitrogens with zero attached hydrogens (tertiary/aromatic N) is 2. The van der Waals surface area contributed by atoms with Crippen molar-refractivity contribution in [2.24, 2.45) is 0 Å². The smallest absolute Gasteiger partial charge is 0.404 e. The van der Waals surface area contributed by atoms with E-state index in [-0.39, 0.29) is 0 Å². The Balaban J connectivity index is 0.000000277. The lowest BCUT2D eigenvalue weighted by Gasteiger charge is -1.85. The number of amides is 2. The molecule has 3 aromatic heterocycles. The summed E-state index contributed by atoms with van der Waals surface area (Å²) in [4.78, 5) is 34.5. The summed E-state index contributed by atoms with van der Waals surface area (Å²) in [5, 5.41) is 19.1. The second-order valence-corrected chi connectivity index (χ2v) is 7.02. The molecule has 5 heterocycles. The highest BCUT2D eigenvalue weighted by atomic mass is 16.4. The SMILES string of the molecule is C1=Cc2cc3ccc(cc4nc(cc5ccc(cc1n2)[nH]5)C=C4)[nH]3.CNC(=O)O.CNC(=O)O. The normalized spacial score (nSPS) is 10.9. The molecule has 0 atom stereocenters. The molecule has 2 aliphatic rings. The van der Waals surface area contributed by atoms with Gasteiger partial charge in [0.05, 0.1) is 22.8 Å². The average molecular weight is 460 g/mol. The third-order valence-electron chi connectivity index (χ3n) is 4.47. The van der Waals surface area contributed by atoms with Gasteiger partial charge in [0.1, 0.15) is 0 Å². The van der Waals surface area contributed by atoms with Gasteiger partial charge in [-0.25, -0.2) is 19.6 Å². The molecule has 0 radical (unpaired) electrons. The molecule has 2 aliphatic heterocycles. The molecule has 0 saturated carbocycles. The third-order valence-corrected chi connectivity index (χ3v) is 4.47. The number of rotatable bonds is 0. The summed E-state index contributed by atoms with van der Waals surface area (Å²) in [6.45, 7) is 0. The molecule has 34 heavy (non-hydrogen) atoms. The maximum Gasteiger partial charge on any atom is 0.404 e. The Kier molecular flexibility index (Phi) is 7.79. The Hall–Kier alpha value is -4.86. The van der Waals surface area contributed by atoms with Crippen LogP contribution < -0.4 is 10.6 Å². The van der Waals surface area contributed by atoms with E-state index in [1.807, 2.05) is 59.2 Å². The number of aromatic nitrogens is 4. The van der Waals surface area contributed by atoms with Crippen LogP contribution in [-0.4, -0.2) is 56.4 Å². The standard InChI is InChI=1S/C20H14N4.2C2H5NO2/c1-2-14-10-16-5-6-18(23-16)12-20-8-7-19(24-20)11-17-4-3-15(22-17)9-13(1)21-14;2*1-3-2(4)5/h1-12,21,24H;2*3H,1H3,(H,4,5). The summed E-state index contributed by atoms with van der Waals surface area (Å²) in [6.07, 6.45) is 6.10. The highest BCUT2D eigenvalue weighted by Gasteiger charge is 2.01. The second-order valence-electron chi connectivity index (χ2n) is 7.02. The molecule has 0 fully saturated rings. The molecule has 174 valence electrons. The van der Waals surface area contributed by atoms with Crippen LogP contribution in [0, 0.1) is 0 Å². The Morgan fingerprint density at radius 1 is 0.618 bits per heavy atom. The quantitative estimate of drug-likeness (QED) is 0.201. The van der Waals surface area contributed by atoms with Gasteiger partial charge in [-0.15, -0.1) is 0 Å². The number of nitrogens with one attached hydrogen (secondary N) is 4. The van der Waals surface area contributed by atoms with Gasteiger partial charge in [-0.3, -0.25) is 0 Å². The number of aromatic amines is 2. The summed E-state index contributed by atoms with van der Waals surface area (Å²) in [6, 6.07) is 16.4. The molecule has 10 nitrogen and oxygen atoms in total. The number of carboxylic acid groups (broad SMARTS) is 2. The maximum atomic E-state index is 9.26. The zero-order valence-corrected chi connectivity index (χ0v) is 18.5. The number of fused-ring (bicyclic) bond motifs is 8. The lowest BCUT2D eigenvalue weighted by Crippen LogP contribution is -2.13. The number of hydrogen-bond donors (Lipinski definition) is 6. The molecule has 5 rings (SSSR count). The van der Waals surface area contributed by atoms with E-state index in [4.69, 9.17) is 10.2 Å². The highest BCUT2D eigenvalue weighted by Crippen LogP contribution is 2.16. The molecule has 6 N–H and O–H groups in total. The monoisotopic (exact) mass is 460 g/mol. The minimum absolute atomic E-state index is 0.939. The first-order chi connectivity index (χ1) is 16.3. The zero-order valence-electron chi connectivity index (χ0n) is 18.5. The first-order valence-electron chi connectivity index (χ1n) is 10.2. The van der Waals surface area contributed by atoms with Gasteiger partial charge >= 0.3 is 12.2 Å². The average Bonchev–Trinajstić information content (AvgIpc) is 3.60. The Bertz CT molecular complexity index is 1210. The molecule has 0 aromatic carbocycles. The summed E-state index contributed by atoms with van der Waals surface area (Å²) >= 11 is 0. The van der Waals surface area contributed by atoms with E-state index in [9.17, 15) is 9.59 Å². The summed E-state index contributed by atoms with van der Waals surface area (Å²) in [7, 11) is 2.70. The van der Waals surface area contributed by atoms with E-state index >= 15 is 0 Å². The van der Waals surface area contributed by atoms with Crippen LogP contribution in [0.25, 0.3) is 46.4 Å². The molecule has 10 heteroatoms. The van der Waals surface area contributed by atoms with Crippen LogP contribution in [0.2, 0.25) is 0 Å². The first-order valence-corrected chi connectivity index (χ1v) is 10.2. The Morgan fingerprint density at radius 3 is 1.06 bits per heavy atom. The number of carbonyl (C=O) groups is 2. The molecule has 0 unspecified atom stereocenters. The molecule has 0 aliphatic carbocycles. The fraction of sp³-hybridized carbons (Fsp3) is 0.0833. The number of H-pyrrole nitrogens is 2. The second kappa shape index (κ2) is 11.1. The zero-order chi connectivity index (χ0) is 24.5. The number of hydrogen-bond acceptors (Lipinski definition) is 4. The molecular weight excluding hydrogens is 436 g/mol. The van der Waals surface area contributed by atoms with Crippen molar-refractivity contribution < 1.29 is 19.8 Å². The van der Waals surface area contributed by atoms with E-state index in [0.29, 0.717) is 0 Å². The van der Waals surface area contributed by atoms with Crippen molar-refractivity contribution in [3.63, 3.8) is 0 Å². The predicted molar refractivity (Wildman–Crippen MR) is 133 cm³/mol. The summed E-state index contributed by atoms with van der Waals surface area (Å²) < 4.78 is 0. The van der Waals surface area contributed by atoms with E-state index in [1.165, 1.54) is 14.1 Å². The fourth-order valence-electron chi connectivity index (χ4n) is 2.94. The molecular formula is C24H24N6O4. The van der Waals surface area contributed by atoms with E-state index in [1.54, 1.807) is 0 Å². The molecule has 3 aromatic rings. The summed E-state index contributed by atoms with van der Waals surface area (Å²) in [5.41, 5.74) is 7.86. The van der Waals surface area contributed by atoms with Crippen LogP contribution in [0.3, 0.4) is 0 Å². The Morgan fingerprint density at radius 2 is 0.853 bits per heavy atom. The summed E-state index contributed by atoms with van der Waals surface area (Å²) in [5.74, 6) is 0. The van der Waals surface area contributed by atoms with Crippen LogP contribution in [0.15, 0.2) is 48.5 Å². The van der Waals surface area contributed by atoms with Crippen LogP contribution in [0.4, 0.5) is 9.59 Å². The molecule has 0 saturated heterocycles. The van der Waals surface area contributed by atoms with Gasteiger partial charge in [0.15, 0.2) is 0 Å². The molecule has 8 bridgehead atoms. The van der Waals surface area contributed by atoms with Crippen molar-refractivity contribution in [3.8, 4) is 0 Å². The highest BCUT2D eigenvalue weighted by molar-refractivity contribution is 5.77.